The van der Waals surface area contributed by atoms with Crippen LogP contribution in [0.1, 0.15) is 115 Å². The molecule has 0 aliphatic carbocycles. The molecule has 3 aromatic heterocycles. The monoisotopic (exact) mass is 1150 g/mol. The van der Waals surface area contributed by atoms with Crippen molar-refractivity contribution in [1.29, 1.82) is 0 Å². The van der Waals surface area contributed by atoms with Crippen LogP contribution < -0.4 is 36.5 Å². The molecule has 7 aromatic rings. The average Bonchev–Trinajstić information content (AvgIpc) is 3.92. The van der Waals surface area contributed by atoms with E-state index in [2.05, 4.69) is 124 Å². The van der Waals surface area contributed by atoms with E-state index in [-0.39, 0.29) is 62.2 Å². The van der Waals surface area contributed by atoms with E-state index in [9.17, 15) is 18.4 Å². The van der Waals surface area contributed by atoms with E-state index < -0.39 is 0 Å². The Bertz CT molecular complexity index is 3210. The van der Waals surface area contributed by atoms with Crippen LogP contribution in [0.3, 0.4) is 0 Å². The molecule has 0 bridgehead atoms. The van der Waals surface area contributed by atoms with Crippen molar-refractivity contribution in [2.75, 3.05) is 73.3 Å². The van der Waals surface area contributed by atoms with Gasteiger partial charge in [0.05, 0.1) is 46.3 Å². The van der Waals surface area contributed by atoms with E-state index >= 15 is 0 Å². The number of halogens is 2. The van der Waals surface area contributed by atoms with Crippen LogP contribution >= 0.6 is 12.2 Å². The number of fused-ring (bicyclic) bond motifs is 1. The molecule has 7 rings (SSSR count). The fourth-order valence-corrected chi connectivity index (χ4v) is 8.07. The van der Waals surface area contributed by atoms with E-state index in [0.717, 1.165) is 61.4 Å². The number of aromatic nitrogens is 4. The maximum atomic E-state index is 14.6. The lowest BCUT2D eigenvalue weighted by molar-refractivity contribution is -0.118. The summed E-state index contributed by atoms with van der Waals surface area (Å²) >= 11 is 4.45. The number of aliphatic imine (C=N–C) groups is 1. The normalized spacial score (nSPS) is 10.8. The van der Waals surface area contributed by atoms with Crippen LogP contribution in [0.2, 0.25) is 0 Å². The molecule has 4 aromatic carbocycles. The summed E-state index contributed by atoms with van der Waals surface area (Å²) in [5.41, 5.74) is 11.5. The van der Waals surface area contributed by atoms with Crippen molar-refractivity contribution in [1.82, 2.24) is 29.3 Å². The minimum Gasteiger partial charge on any atom is -0.457 e. The Hall–Kier alpha value is -7.83. The highest BCUT2D eigenvalue weighted by atomic mass is 32.1. The van der Waals surface area contributed by atoms with Crippen molar-refractivity contribution in [2.45, 2.75) is 115 Å². The predicted molar refractivity (Wildman–Crippen MR) is 340 cm³/mol. The molecule has 0 unspecified atom stereocenters. The van der Waals surface area contributed by atoms with Crippen molar-refractivity contribution < 1.29 is 27.8 Å². The first-order chi connectivity index (χ1) is 37.6. The number of nitrogens with two attached hydrogens (primary N) is 1. The third-order valence-corrected chi connectivity index (χ3v) is 12.5. The number of carbonyl (C=O) groups is 2. The Kier molecular flexibility index (Phi) is 28.4. The Balaban J connectivity index is 0.000000461. The maximum Gasteiger partial charge on any atom is 0.239 e. The zero-order valence-corrected chi connectivity index (χ0v) is 48.4. The number of thiocarbonyl (C=S) groups is 1. The average molecular weight is 1150 g/mol. The van der Waals surface area contributed by atoms with Gasteiger partial charge in [-0.2, -0.15) is 4.99 Å². The molecule has 0 radical (unpaired) electrons. The Morgan fingerprint density at radius 3 is 1.63 bits per heavy atom. The molecule has 0 aliphatic heterocycles. The Morgan fingerprint density at radius 2 is 1.16 bits per heavy atom. The zero-order valence-electron chi connectivity index (χ0n) is 47.6. The molecule has 0 aliphatic rings. The second kappa shape index (κ2) is 33.2. The molecule has 0 spiro atoms. The van der Waals surface area contributed by atoms with E-state index in [1.54, 1.807) is 60.9 Å². The number of rotatable bonds is 20. The lowest BCUT2D eigenvalue weighted by Gasteiger charge is -2.20. The number of aryl methyl sites for hydroxylation is 1. The van der Waals surface area contributed by atoms with E-state index in [0.29, 0.717) is 70.6 Å². The van der Waals surface area contributed by atoms with Gasteiger partial charge in [0.15, 0.2) is 0 Å². The Labute approximate surface area is 491 Å². The number of carbonyl (C=O) groups excluding carboxylic acids is 2. The number of benzene rings is 4. The molecular weight excluding hydrogens is 1060 g/mol. The van der Waals surface area contributed by atoms with Gasteiger partial charge in [-0.25, -0.2) is 23.7 Å². The van der Waals surface area contributed by atoms with Crippen LogP contribution in [0.25, 0.3) is 11.0 Å². The van der Waals surface area contributed by atoms with Crippen molar-refractivity contribution in [3.05, 3.63) is 132 Å². The molecule has 82 heavy (non-hydrogen) atoms. The highest BCUT2D eigenvalue weighted by Crippen LogP contribution is 2.33. The number of imidazole rings is 1. The van der Waals surface area contributed by atoms with Gasteiger partial charge in [0.1, 0.15) is 52.0 Å². The number of nitrogen functional groups attached to an aromatic ring is 1. The first-order valence-electron chi connectivity index (χ1n) is 26.4. The van der Waals surface area contributed by atoms with Gasteiger partial charge in [-0.05, 0) is 134 Å². The predicted octanol–water partition coefficient (Wildman–Crippen LogP) is 15.5. The number of likely N-dealkylation sites (N-methyl/N-ethyl adjacent to an activating group) is 2. The minimum atomic E-state index is -0.365. The first-order valence-corrected chi connectivity index (χ1v) is 26.8. The topological polar surface area (TPSA) is 189 Å². The van der Waals surface area contributed by atoms with Crippen LogP contribution in [0.5, 0.6) is 23.0 Å². The summed E-state index contributed by atoms with van der Waals surface area (Å²) in [4.78, 5) is 45.6. The van der Waals surface area contributed by atoms with Crippen LogP contribution in [0, 0.1) is 11.6 Å². The number of amides is 2. The highest BCUT2D eigenvalue weighted by molar-refractivity contribution is 7.78. The van der Waals surface area contributed by atoms with Gasteiger partial charge in [0, 0.05) is 50.8 Å². The SMILES string of the molecule is C.C.C.CC(C)(C)c1ccc(F)c(N=C=S)c1.CCCN(CC)CC(=O)Nc1cc(Oc2ccc(NC)c(N)c2)ccn1.CCCN(CC)CC(=O)Nc1cc(Oc2ccc3c(c2)nc(Nc2cc(C(C)(C)C)ccc2F)n3C)ccn1. The minimum absolute atomic E-state index is 0. The molecule has 19 heteroatoms. The molecular formula is C63H88F2N12O4S. The fraction of sp³-hybridized carbons (Fsp3) is 0.397. The molecule has 0 atom stereocenters. The van der Waals surface area contributed by atoms with Gasteiger partial charge >= 0.3 is 0 Å². The summed E-state index contributed by atoms with van der Waals surface area (Å²) in [5, 5.41) is 14.0. The quantitative estimate of drug-likeness (QED) is 0.0276. The smallest absolute Gasteiger partial charge is 0.239 e. The van der Waals surface area contributed by atoms with Crippen molar-refractivity contribution in [2.24, 2.45) is 12.0 Å². The molecule has 444 valence electrons. The van der Waals surface area contributed by atoms with Gasteiger partial charge in [0.2, 0.25) is 17.8 Å². The molecule has 0 saturated heterocycles. The van der Waals surface area contributed by atoms with Gasteiger partial charge in [-0.3, -0.25) is 19.4 Å². The van der Waals surface area contributed by atoms with E-state index in [4.69, 9.17) is 15.2 Å². The number of nitrogens with one attached hydrogen (secondary N) is 4. The van der Waals surface area contributed by atoms with Crippen molar-refractivity contribution in [3.8, 4) is 23.0 Å². The van der Waals surface area contributed by atoms with Crippen LogP contribution in [-0.4, -0.2) is 92.6 Å². The van der Waals surface area contributed by atoms with Crippen LogP contribution in [-0.2, 0) is 27.5 Å². The molecule has 0 fully saturated rings. The number of anilines is 6. The van der Waals surface area contributed by atoms with Crippen LogP contribution in [0.4, 0.5) is 49.1 Å². The fourth-order valence-electron chi connectivity index (χ4n) is 7.97. The van der Waals surface area contributed by atoms with E-state index in [1.165, 1.54) is 12.1 Å². The number of hydrogen-bond donors (Lipinski definition) is 5. The number of isothiocyanates is 1. The molecule has 6 N–H and O–H groups in total. The maximum absolute atomic E-state index is 14.6. The van der Waals surface area contributed by atoms with E-state index in [1.807, 2.05) is 68.9 Å². The summed E-state index contributed by atoms with van der Waals surface area (Å²) in [6.07, 6.45) is 5.19. The first kappa shape index (κ1) is 70.3. The molecule has 16 nitrogen and oxygen atoms in total. The lowest BCUT2D eigenvalue weighted by Crippen LogP contribution is -2.33. The molecule has 3 heterocycles. The summed E-state index contributed by atoms with van der Waals surface area (Å²) in [6.45, 7) is 24.8. The number of ether oxygens (including phenoxy) is 2. The summed E-state index contributed by atoms with van der Waals surface area (Å²) < 4.78 is 41.5. The second-order valence-electron chi connectivity index (χ2n) is 20.6. The second-order valence-corrected chi connectivity index (χ2v) is 20.8. The zero-order chi connectivity index (χ0) is 57.9. The Morgan fingerprint density at radius 1 is 0.671 bits per heavy atom. The summed E-state index contributed by atoms with van der Waals surface area (Å²) in [6, 6.07) is 27.8. The van der Waals surface area contributed by atoms with Crippen molar-refractivity contribution >= 4 is 80.6 Å². The van der Waals surface area contributed by atoms with Gasteiger partial charge in [-0.15, -0.1) is 0 Å². The van der Waals surface area contributed by atoms with Gasteiger partial charge < -0.3 is 41.0 Å². The third-order valence-electron chi connectivity index (χ3n) is 12.4. The van der Waals surface area contributed by atoms with Crippen molar-refractivity contribution in [3.63, 3.8) is 0 Å². The van der Waals surface area contributed by atoms with Gasteiger partial charge in [-0.1, -0.05) is 104 Å². The largest absolute Gasteiger partial charge is 0.457 e. The van der Waals surface area contributed by atoms with Gasteiger partial charge in [0.25, 0.3) is 0 Å². The number of pyridine rings is 2. The number of nitrogens with zero attached hydrogens (tertiary/aromatic N) is 7. The summed E-state index contributed by atoms with van der Waals surface area (Å²) in [7, 11) is 3.69. The molecule has 0 saturated carbocycles. The summed E-state index contributed by atoms with van der Waals surface area (Å²) in [5.74, 6) is 2.80. The van der Waals surface area contributed by atoms with Crippen LogP contribution in [0.15, 0.2) is 114 Å². The third kappa shape index (κ3) is 21.2. The number of hydrogen-bond acceptors (Lipinski definition) is 14. The lowest BCUT2D eigenvalue weighted by atomic mass is 9.87. The highest BCUT2D eigenvalue weighted by Gasteiger charge is 2.19. The molecule has 2 amide bonds. The standard InChI is InChI=1S/C30H37FN6O2.C19H27N5O2.C11H12FNS.3CH4/c1-7-15-37(8-2)19-28(38)35-27-18-22(13-14-32-27)39-21-10-12-26-25(17-21)34-29(36(26)6)33-24-16-20(30(3,4)5)9-11-23(24)31;1-4-10-24(5-2)13-19(25)23-18-12-15(8-9-22-18)26-14-6-7-17(21-3)16(20)11-14;1-11(2,3)8-4-5-9(12)10(6-8)13-7-14;;;/h9-14,16-18H,7-8,15,19H2,1-6H3,(H,33,34)(H,32,35,38);6-9,11-12,21H,4-5,10,13,20H2,1-3H3,(H,22,23,25);4-6H,1-3H3;3*1H4.